The summed E-state index contributed by atoms with van der Waals surface area (Å²) in [4.78, 5) is 0. The molecule has 0 atom stereocenters. The summed E-state index contributed by atoms with van der Waals surface area (Å²) < 4.78 is 7.35. The molecule has 0 spiro atoms. The van der Waals surface area contributed by atoms with E-state index < -0.39 is 0 Å². The van der Waals surface area contributed by atoms with Crippen LogP contribution < -0.4 is 5.73 Å². The van der Waals surface area contributed by atoms with Crippen LogP contribution in [0.25, 0.3) is 22.2 Å². The number of hydrogen-bond donors (Lipinski definition) is 1. The second kappa shape index (κ2) is 3.91. The van der Waals surface area contributed by atoms with Crippen molar-refractivity contribution in [1.29, 1.82) is 0 Å². The first-order valence-electron chi connectivity index (χ1n) is 6.00. The zero-order chi connectivity index (χ0) is 12.7. The van der Waals surface area contributed by atoms with Gasteiger partial charge < -0.3 is 14.8 Å². The maximum absolute atomic E-state index is 6.08. The van der Waals surface area contributed by atoms with E-state index in [1.807, 2.05) is 32.3 Å². The summed E-state index contributed by atoms with van der Waals surface area (Å²) in [6, 6.07) is 8.19. The van der Waals surface area contributed by atoms with Gasteiger partial charge in [0.25, 0.3) is 0 Å². The van der Waals surface area contributed by atoms with Crippen molar-refractivity contribution in [2.75, 3.05) is 5.73 Å². The summed E-state index contributed by atoms with van der Waals surface area (Å²) in [7, 11) is 2.02. The van der Waals surface area contributed by atoms with E-state index in [9.17, 15) is 0 Å². The van der Waals surface area contributed by atoms with Crippen LogP contribution >= 0.6 is 0 Å². The second-order valence-electron chi connectivity index (χ2n) is 4.39. The van der Waals surface area contributed by atoms with Crippen LogP contribution in [0.1, 0.15) is 12.7 Å². The summed E-state index contributed by atoms with van der Waals surface area (Å²) in [5.41, 5.74) is 9.65. The minimum absolute atomic E-state index is 0.647. The van der Waals surface area contributed by atoms with Crippen LogP contribution in [-0.4, -0.2) is 9.72 Å². The fourth-order valence-corrected chi connectivity index (χ4v) is 2.31. The molecule has 1 aromatic carbocycles. The number of aromatic nitrogens is 2. The summed E-state index contributed by atoms with van der Waals surface area (Å²) in [5, 5.41) is 5.25. The number of hydrogen-bond acceptors (Lipinski definition) is 3. The van der Waals surface area contributed by atoms with Crippen molar-refractivity contribution in [1.82, 2.24) is 9.72 Å². The fourth-order valence-electron chi connectivity index (χ4n) is 2.31. The average Bonchev–Trinajstić information content (AvgIpc) is 2.91. The molecule has 0 bridgehead atoms. The van der Waals surface area contributed by atoms with Gasteiger partial charge in [-0.25, -0.2) is 0 Å². The van der Waals surface area contributed by atoms with Crippen molar-refractivity contribution in [2.24, 2.45) is 7.05 Å². The van der Waals surface area contributed by atoms with E-state index in [0.717, 1.165) is 34.3 Å². The maximum Gasteiger partial charge on any atom is 0.159 e. The first kappa shape index (κ1) is 10.9. The van der Waals surface area contributed by atoms with Gasteiger partial charge in [0.05, 0.1) is 0 Å². The number of nitrogens with zero attached hydrogens (tertiary/aromatic N) is 2. The molecule has 0 saturated heterocycles. The molecule has 92 valence electrons. The monoisotopic (exact) mass is 241 g/mol. The lowest BCUT2D eigenvalue weighted by Crippen LogP contribution is -1.90. The van der Waals surface area contributed by atoms with Crippen LogP contribution in [0.5, 0.6) is 0 Å². The molecule has 0 radical (unpaired) electrons. The van der Waals surface area contributed by atoms with Gasteiger partial charge in [-0.05, 0) is 6.07 Å². The highest BCUT2D eigenvalue weighted by Gasteiger charge is 2.17. The van der Waals surface area contributed by atoms with Crippen LogP contribution in [0.2, 0.25) is 0 Å². The van der Waals surface area contributed by atoms with Crippen molar-refractivity contribution >= 4 is 16.6 Å². The largest absolute Gasteiger partial charge is 0.394 e. The summed E-state index contributed by atoms with van der Waals surface area (Å²) in [6.07, 6.45) is 2.79. The Morgan fingerprint density at radius 2 is 2.11 bits per heavy atom. The number of nitrogens with two attached hydrogens (primary N) is 1. The summed E-state index contributed by atoms with van der Waals surface area (Å²) in [6.45, 7) is 2.00. The molecular weight excluding hydrogens is 226 g/mol. The van der Waals surface area contributed by atoms with Gasteiger partial charge in [-0.3, -0.25) is 0 Å². The zero-order valence-corrected chi connectivity index (χ0v) is 10.5. The lowest BCUT2D eigenvalue weighted by molar-refractivity contribution is 0.390. The van der Waals surface area contributed by atoms with E-state index in [1.54, 1.807) is 0 Å². The topological polar surface area (TPSA) is 57.0 Å². The van der Waals surface area contributed by atoms with Gasteiger partial charge in [0.15, 0.2) is 5.76 Å². The highest BCUT2D eigenvalue weighted by Crippen LogP contribution is 2.34. The fraction of sp³-hybridized carbons (Fsp3) is 0.214. The van der Waals surface area contributed by atoms with E-state index in [4.69, 9.17) is 10.3 Å². The predicted octanol–water partition coefficient (Wildman–Crippen LogP) is 2.98. The summed E-state index contributed by atoms with van der Waals surface area (Å²) >= 11 is 0. The molecule has 18 heavy (non-hydrogen) atoms. The quantitative estimate of drug-likeness (QED) is 0.750. The lowest BCUT2D eigenvalue weighted by Gasteiger charge is -1.95. The molecule has 0 saturated carbocycles. The Balaban J connectivity index is 2.28. The van der Waals surface area contributed by atoms with Crippen molar-refractivity contribution in [2.45, 2.75) is 13.3 Å². The van der Waals surface area contributed by atoms with Crippen LogP contribution in [0.4, 0.5) is 5.69 Å². The van der Waals surface area contributed by atoms with Gasteiger partial charge in [-0.1, -0.05) is 30.3 Å². The molecule has 2 heterocycles. The maximum atomic E-state index is 6.08. The highest BCUT2D eigenvalue weighted by molar-refractivity contribution is 5.97. The SMILES string of the molecule is CCc1onc(-c2cn(C)c3ccccc23)c1N. The van der Waals surface area contributed by atoms with Gasteiger partial charge in [0, 0.05) is 36.1 Å². The van der Waals surface area contributed by atoms with E-state index >= 15 is 0 Å². The molecule has 2 aromatic heterocycles. The molecule has 0 aliphatic heterocycles. The van der Waals surface area contributed by atoms with Crippen molar-refractivity contribution in [3.05, 3.63) is 36.2 Å². The molecule has 0 aliphatic carbocycles. The van der Waals surface area contributed by atoms with E-state index in [0.29, 0.717) is 5.69 Å². The first-order chi connectivity index (χ1) is 8.72. The normalized spacial score (nSPS) is 11.2. The van der Waals surface area contributed by atoms with Gasteiger partial charge in [-0.2, -0.15) is 0 Å². The number of aryl methyl sites for hydroxylation is 2. The smallest absolute Gasteiger partial charge is 0.159 e. The minimum Gasteiger partial charge on any atom is -0.394 e. The average molecular weight is 241 g/mol. The third kappa shape index (κ3) is 1.42. The molecule has 3 rings (SSSR count). The molecule has 4 nitrogen and oxygen atoms in total. The van der Waals surface area contributed by atoms with Crippen LogP contribution in [-0.2, 0) is 13.5 Å². The lowest BCUT2D eigenvalue weighted by atomic mass is 10.1. The van der Waals surface area contributed by atoms with Crippen LogP contribution in [0.15, 0.2) is 35.0 Å². The van der Waals surface area contributed by atoms with Gasteiger partial charge in [-0.15, -0.1) is 0 Å². The number of benzene rings is 1. The van der Waals surface area contributed by atoms with Gasteiger partial charge in [0.1, 0.15) is 11.4 Å². The standard InChI is InChI=1S/C14H15N3O/c1-3-12-13(15)14(16-18-12)10-8-17(2)11-7-5-4-6-9(10)11/h4-8H,3,15H2,1-2H3. The Morgan fingerprint density at radius 3 is 2.83 bits per heavy atom. The highest BCUT2D eigenvalue weighted by atomic mass is 16.5. The van der Waals surface area contributed by atoms with Gasteiger partial charge in [0.2, 0.25) is 0 Å². The number of nitrogen functional groups attached to an aromatic ring is 1. The summed E-state index contributed by atoms with van der Waals surface area (Å²) in [5.74, 6) is 0.748. The number of fused-ring (bicyclic) bond motifs is 1. The Bertz CT molecular complexity index is 709. The van der Waals surface area contributed by atoms with Crippen LogP contribution in [0, 0.1) is 0 Å². The minimum atomic E-state index is 0.647. The Hall–Kier alpha value is -2.23. The van der Waals surface area contributed by atoms with Crippen LogP contribution in [0.3, 0.4) is 0 Å². The molecule has 0 amide bonds. The molecule has 2 N–H and O–H groups in total. The molecule has 3 aromatic rings. The van der Waals surface area contributed by atoms with Crippen molar-refractivity contribution in [3.8, 4) is 11.3 Å². The van der Waals surface area contributed by atoms with Crippen molar-refractivity contribution in [3.63, 3.8) is 0 Å². The molecular formula is C14H15N3O. The molecule has 0 unspecified atom stereocenters. The van der Waals surface area contributed by atoms with E-state index in [1.165, 1.54) is 0 Å². The Kier molecular flexibility index (Phi) is 2.37. The van der Waals surface area contributed by atoms with E-state index in [-0.39, 0.29) is 0 Å². The Labute approximate surface area is 105 Å². The molecule has 0 aliphatic rings. The number of rotatable bonds is 2. The third-order valence-corrected chi connectivity index (χ3v) is 3.28. The molecule has 0 fully saturated rings. The predicted molar refractivity (Wildman–Crippen MR) is 72.2 cm³/mol. The third-order valence-electron chi connectivity index (χ3n) is 3.28. The zero-order valence-electron chi connectivity index (χ0n) is 10.5. The van der Waals surface area contributed by atoms with Crippen molar-refractivity contribution < 1.29 is 4.52 Å². The Morgan fingerprint density at radius 1 is 1.33 bits per heavy atom. The first-order valence-corrected chi connectivity index (χ1v) is 6.00. The van der Waals surface area contributed by atoms with E-state index in [2.05, 4.69) is 21.9 Å². The second-order valence-corrected chi connectivity index (χ2v) is 4.39. The number of anilines is 1. The van der Waals surface area contributed by atoms with Gasteiger partial charge >= 0.3 is 0 Å². The number of para-hydroxylation sites is 1. The molecule has 4 heteroatoms.